The van der Waals surface area contributed by atoms with Gasteiger partial charge in [-0.15, -0.1) is 0 Å². The van der Waals surface area contributed by atoms with E-state index in [1.54, 1.807) is 32.9 Å². The lowest BCUT2D eigenvalue weighted by molar-refractivity contribution is -0.191. The van der Waals surface area contributed by atoms with E-state index in [0.717, 1.165) is 0 Å². The first kappa shape index (κ1) is 19.5. The highest BCUT2D eigenvalue weighted by Crippen LogP contribution is 2.44. The van der Waals surface area contributed by atoms with Crippen molar-refractivity contribution >= 4 is 11.9 Å². The van der Waals surface area contributed by atoms with E-state index in [9.17, 15) is 19.8 Å². The van der Waals surface area contributed by atoms with Gasteiger partial charge in [-0.05, 0) is 32.9 Å². The molecular formula is C20H24O7. The van der Waals surface area contributed by atoms with Gasteiger partial charge in [0.15, 0.2) is 0 Å². The van der Waals surface area contributed by atoms with Gasteiger partial charge in [-0.25, -0.2) is 9.59 Å². The van der Waals surface area contributed by atoms with Gasteiger partial charge in [-0.2, -0.15) is 0 Å². The van der Waals surface area contributed by atoms with Crippen molar-refractivity contribution in [2.24, 2.45) is 5.92 Å². The van der Waals surface area contributed by atoms with Gasteiger partial charge in [0.1, 0.15) is 12.2 Å². The molecule has 0 aliphatic carbocycles. The summed E-state index contributed by atoms with van der Waals surface area (Å²) in [6.45, 7) is 8.41. The van der Waals surface area contributed by atoms with Gasteiger partial charge in [0, 0.05) is 23.1 Å². The Morgan fingerprint density at radius 3 is 2.81 bits per heavy atom. The Morgan fingerprint density at radius 2 is 2.19 bits per heavy atom. The minimum absolute atomic E-state index is 0.150. The molecule has 0 radical (unpaired) electrons. The quantitative estimate of drug-likeness (QED) is 0.435. The molecule has 0 spiro atoms. The van der Waals surface area contributed by atoms with Crippen molar-refractivity contribution in [1.82, 2.24) is 0 Å². The van der Waals surface area contributed by atoms with Crippen LogP contribution in [0.25, 0.3) is 0 Å². The molecule has 2 N–H and O–H groups in total. The van der Waals surface area contributed by atoms with Crippen LogP contribution in [0.1, 0.15) is 27.2 Å². The molecule has 0 aromatic rings. The Kier molecular flexibility index (Phi) is 4.88. The maximum absolute atomic E-state index is 12.4. The molecule has 2 bridgehead atoms. The summed E-state index contributed by atoms with van der Waals surface area (Å²) in [7, 11) is 0. The second kappa shape index (κ2) is 6.74. The van der Waals surface area contributed by atoms with Gasteiger partial charge >= 0.3 is 11.9 Å². The van der Waals surface area contributed by atoms with E-state index >= 15 is 0 Å². The van der Waals surface area contributed by atoms with E-state index in [-0.39, 0.29) is 17.6 Å². The first-order chi connectivity index (χ1) is 12.6. The minimum atomic E-state index is -1.82. The van der Waals surface area contributed by atoms with Crippen LogP contribution in [-0.2, 0) is 23.8 Å². The lowest BCUT2D eigenvalue weighted by atomic mass is 9.83. The molecule has 5 atom stereocenters. The molecule has 7 heteroatoms. The van der Waals surface area contributed by atoms with Crippen LogP contribution in [0.4, 0.5) is 0 Å². The molecule has 0 aromatic carbocycles. The maximum atomic E-state index is 12.4. The largest absolute Gasteiger partial charge is 0.458 e. The standard InChI is InChI=1S/C20H24O7/c1-5-11(2)17(22)26-15-9-19(4)6-7-20(24,27-19)13(10-21)8-14-16(15)12(3)18(23)25-14/h5-8,14-16,21,24H,3,9-10H2,1-2,4H3/b11-5+,13-8-/t14-,15-,16+,19+,20-/m1/s1. The van der Waals surface area contributed by atoms with Crippen LogP contribution in [-0.4, -0.2) is 52.4 Å². The minimum Gasteiger partial charge on any atom is -0.458 e. The normalized spacial score (nSPS) is 40.4. The van der Waals surface area contributed by atoms with Gasteiger partial charge in [-0.1, -0.05) is 18.7 Å². The summed E-state index contributed by atoms with van der Waals surface area (Å²) in [5, 5.41) is 20.5. The molecule has 0 amide bonds. The molecule has 27 heavy (non-hydrogen) atoms. The predicted octanol–water partition coefficient (Wildman–Crippen LogP) is 1.32. The Hall–Kier alpha value is -2.22. The monoisotopic (exact) mass is 376 g/mol. The van der Waals surface area contributed by atoms with Crippen LogP contribution < -0.4 is 0 Å². The molecule has 7 nitrogen and oxygen atoms in total. The summed E-state index contributed by atoms with van der Waals surface area (Å²) in [6.07, 6.45) is 4.76. The van der Waals surface area contributed by atoms with Crippen molar-refractivity contribution in [3.8, 4) is 0 Å². The molecule has 1 fully saturated rings. The maximum Gasteiger partial charge on any atom is 0.334 e. The van der Waals surface area contributed by atoms with Gasteiger partial charge in [-0.3, -0.25) is 0 Å². The van der Waals surface area contributed by atoms with E-state index in [4.69, 9.17) is 14.2 Å². The van der Waals surface area contributed by atoms with Gasteiger partial charge in [0.05, 0.1) is 18.1 Å². The highest BCUT2D eigenvalue weighted by Gasteiger charge is 2.52. The van der Waals surface area contributed by atoms with Gasteiger partial charge < -0.3 is 24.4 Å². The molecule has 1 saturated heterocycles. The van der Waals surface area contributed by atoms with Crippen LogP contribution in [0.3, 0.4) is 0 Å². The summed E-state index contributed by atoms with van der Waals surface area (Å²) in [6, 6.07) is 0. The summed E-state index contributed by atoms with van der Waals surface area (Å²) >= 11 is 0. The van der Waals surface area contributed by atoms with Crippen molar-refractivity contribution in [1.29, 1.82) is 0 Å². The van der Waals surface area contributed by atoms with Gasteiger partial charge in [0.2, 0.25) is 5.79 Å². The van der Waals surface area contributed by atoms with Crippen molar-refractivity contribution in [2.75, 3.05) is 6.61 Å². The number of aliphatic hydroxyl groups is 2. The number of fused-ring (bicyclic) bond motifs is 3. The molecule has 0 unspecified atom stereocenters. The zero-order valence-corrected chi connectivity index (χ0v) is 15.6. The first-order valence-corrected chi connectivity index (χ1v) is 8.81. The fourth-order valence-electron chi connectivity index (χ4n) is 3.65. The fraction of sp³-hybridized carbons (Fsp3) is 0.500. The van der Waals surface area contributed by atoms with E-state index in [1.807, 2.05) is 0 Å². The van der Waals surface area contributed by atoms with E-state index in [0.29, 0.717) is 5.57 Å². The summed E-state index contributed by atoms with van der Waals surface area (Å²) in [5.41, 5.74) is -0.213. The van der Waals surface area contributed by atoms with Crippen molar-refractivity contribution in [3.63, 3.8) is 0 Å². The third kappa shape index (κ3) is 3.38. The third-order valence-corrected chi connectivity index (χ3v) is 5.33. The Labute approximate surface area is 157 Å². The lowest BCUT2D eigenvalue weighted by Crippen LogP contribution is -2.41. The number of hydrogen-bond donors (Lipinski definition) is 2. The molecule has 3 aliphatic heterocycles. The number of ether oxygens (including phenoxy) is 3. The molecular weight excluding hydrogens is 352 g/mol. The molecule has 3 heterocycles. The average Bonchev–Trinajstić information content (AvgIpc) is 3.08. The smallest absolute Gasteiger partial charge is 0.334 e. The number of carbonyl (C=O) groups excluding carboxylic acids is 2. The predicted molar refractivity (Wildman–Crippen MR) is 95.2 cm³/mol. The topological polar surface area (TPSA) is 102 Å². The summed E-state index contributed by atoms with van der Waals surface area (Å²) in [4.78, 5) is 24.5. The molecule has 3 aliphatic rings. The van der Waals surface area contributed by atoms with Crippen molar-refractivity contribution in [2.45, 2.75) is 50.8 Å². The number of aliphatic hydroxyl groups excluding tert-OH is 1. The summed E-state index contributed by atoms with van der Waals surface area (Å²) < 4.78 is 16.9. The van der Waals surface area contributed by atoms with Crippen LogP contribution in [0, 0.1) is 5.92 Å². The number of hydrogen-bond acceptors (Lipinski definition) is 7. The lowest BCUT2D eigenvalue weighted by Gasteiger charge is -2.33. The number of carbonyl (C=O) groups is 2. The van der Waals surface area contributed by atoms with Crippen LogP contribution in [0.15, 0.2) is 47.6 Å². The van der Waals surface area contributed by atoms with E-state index in [1.165, 1.54) is 12.2 Å². The highest BCUT2D eigenvalue weighted by atomic mass is 16.6. The molecule has 0 aromatic heterocycles. The molecule has 146 valence electrons. The van der Waals surface area contributed by atoms with Crippen molar-refractivity contribution < 1.29 is 34.0 Å². The molecule has 0 saturated carbocycles. The van der Waals surface area contributed by atoms with Crippen LogP contribution in [0.5, 0.6) is 0 Å². The Morgan fingerprint density at radius 1 is 1.48 bits per heavy atom. The molecule has 3 rings (SSSR count). The first-order valence-electron chi connectivity index (χ1n) is 8.81. The Balaban J connectivity index is 2.07. The number of esters is 2. The van der Waals surface area contributed by atoms with Crippen LogP contribution >= 0.6 is 0 Å². The average molecular weight is 376 g/mol. The number of allylic oxidation sites excluding steroid dienone is 1. The highest BCUT2D eigenvalue weighted by molar-refractivity contribution is 5.92. The second-order valence-corrected chi connectivity index (χ2v) is 7.34. The van der Waals surface area contributed by atoms with Crippen LogP contribution in [0.2, 0.25) is 0 Å². The summed E-state index contributed by atoms with van der Waals surface area (Å²) in [5.74, 6) is -3.58. The Bertz CT molecular complexity index is 777. The second-order valence-electron chi connectivity index (χ2n) is 7.34. The van der Waals surface area contributed by atoms with E-state index < -0.39 is 48.1 Å². The van der Waals surface area contributed by atoms with Crippen molar-refractivity contribution in [3.05, 3.63) is 47.6 Å². The van der Waals surface area contributed by atoms with Gasteiger partial charge in [0.25, 0.3) is 0 Å². The SMILES string of the molecule is C=C1C(=O)O[C@@H]2/C=C(/CO)[C@@]3(O)C=C[C@@](C)(C[C@@H](OC(=O)/C(C)=C/C)[C@@H]12)O3. The zero-order valence-electron chi connectivity index (χ0n) is 15.6. The third-order valence-electron chi connectivity index (χ3n) is 5.33. The fourth-order valence-corrected chi connectivity index (χ4v) is 3.65. The van der Waals surface area contributed by atoms with E-state index in [2.05, 4.69) is 6.58 Å². The number of rotatable bonds is 3. The zero-order chi connectivity index (χ0) is 20.0.